The van der Waals surface area contributed by atoms with Crippen LogP contribution in [0, 0.1) is 27.7 Å². The van der Waals surface area contributed by atoms with E-state index in [1.54, 1.807) is 0 Å². The van der Waals surface area contributed by atoms with Gasteiger partial charge in [-0.25, -0.2) is 0 Å². The molecule has 12 aromatic rings. The van der Waals surface area contributed by atoms with Gasteiger partial charge in [-0.2, -0.15) is 0 Å². The largest absolute Gasteiger partial charge is 0.309 e. The summed E-state index contributed by atoms with van der Waals surface area (Å²) < 4.78 is 0. The van der Waals surface area contributed by atoms with Crippen LogP contribution in [0.15, 0.2) is 267 Å². The van der Waals surface area contributed by atoms with Crippen molar-refractivity contribution in [3.05, 3.63) is 311 Å². The molecule has 0 heterocycles. The average Bonchev–Trinajstić information content (AvgIpc) is 2.80. The standard InChI is InChI=1S/C82H68N2/c1-53-21-19-29-67(61-37-33-59(34-38-61)57-23-11-9-12-24-57)79(53)83(65-43-45-71-69-27-15-17-31-73(69)81(5,6)75(71)51-65)77-47-41-63(49-55(77)3)64-42-48-78(56(4)50-64)84(66-44-46-72-70-28-16-18-32-74(70)82(7,8)76(72)52-66)80-54(2)22-20-30-68(80)62-39-35-60(36-40-62)58-25-13-10-14-26-58/h9-52H,1-8H3. The second-order valence-electron chi connectivity index (χ2n) is 24.3. The first-order chi connectivity index (χ1) is 40.8. The molecular formula is C82H68N2. The lowest BCUT2D eigenvalue weighted by molar-refractivity contribution is 0.660. The van der Waals surface area contributed by atoms with Gasteiger partial charge in [0.25, 0.3) is 0 Å². The molecule has 2 heteroatoms. The zero-order valence-electron chi connectivity index (χ0n) is 49.3. The Bertz CT molecular complexity index is 4210. The van der Waals surface area contributed by atoms with E-state index in [4.69, 9.17) is 0 Å². The van der Waals surface area contributed by atoms with E-state index >= 15 is 0 Å². The third-order valence-electron chi connectivity index (χ3n) is 18.4. The van der Waals surface area contributed by atoms with Gasteiger partial charge in [0.15, 0.2) is 0 Å². The van der Waals surface area contributed by atoms with Gasteiger partial charge >= 0.3 is 0 Å². The van der Waals surface area contributed by atoms with Gasteiger partial charge in [0.2, 0.25) is 0 Å². The maximum absolute atomic E-state index is 2.53. The van der Waals surface area contributed by atoms with Crippen molar-refractivity contribution in [1.29, 1.82) is 0 Å². The van der Waals surface area contributed by atoms with Gasteiger partial charge in [-0.3, -0.25) is 0 Å². The maximum atomic E-state index is 2.53. The number of benzene rings is 12. The number of aryl methyl sites for hydroxylation is 4. The van der Waals surface area contributed by atoms with Crippen molar-refractivity contribution >= 4 is 34.1 Å². The molecule has 2 nitrogen and oxygen atoms in total. The smallest absolute Gasteiger partial charge is 0.0569 e. The molecule has 0 unspecified atom stereocenters. The van der Waals surface area contributed by atoms with E-state index in [2.05, 4.69) is 332 Å². The SMILES string of the molecule is Cc1cc(-c2ccc(N(c3ccc4c(c3)C(C)(C)c3ccccc3-4)c3c(C)cccc3-c3ccc(-c4ccccc4)cc3)c(C)c2)ccc1N(c1ccc2c(c1)C(C)(C)c1ccccc1-2)c1c(C)cccc1-c1ccc(-c2ccccc2)cc1. The van der Waals surface area contributed by atoms with Crippen molar-refractivity contribution in [1.82, 2.24) is 0 Å². The monoisotopic (exact) mass is 1080 g/mol. The summed E-state index contributed by atoms with van der Waals surface area (Å²) in [5.74, 6) is 0. The molecule has 2 aliphatic carbocycles. The van der Waals surface area contributed by atoms with E-state index < -0.39 is 0 Å². The molecule has 0 fully saturated rings. The Morgan fingerprint density at radius 2 is 0.548 bits per heavy atom. The van der Waals surface area contributed by atoms with Crippen molar-refractivity contribution in [2.24, 2.45) is 0 Å². The van der Waals surface area contributed by atoms with Crippen molar-refractivity contribution in [3.8, 4) is 77.9 Å². The molecule has 12 aromatic carbocycles. The van der Waals surface area contributed by atoms with Crippen LogP contribution in [0.4, 0.5) is 34.1 Å². The van der Waals surface area contributed by atoms with Crippen LogP contribution >= 0.6 is 0 Å². The highest BCUT2D eigenvalue weighted by Gasteiger charge is 2.38. The Hall–Kier alpha value is -9.76. The molecule has 406 valence electrons. The molecule has 0 N–H and O–H groups in total. The molecule has 0 amide bonds. The van der Waals surface area contributed by atoms with E-state index in [-0.39, 0.29) is 10.8 Å². The number of rotatable bonds is 11. The summed E-state index contributed by atoms with van der Waals surface area (Å²) in [7, 11) is 0. The summed E-state index contributed by atoms with van der Waals surface area (Å²) in [4.78, 5) is 5.07. The second-order valence-corrected chi connectivity index (χ2v) is 24.3. The first kappa shape index (κ1) is 52.3. The van der Waals surface area contributed by atoms with Crippen molar-refractivity contribution < 1.29 is 0 Å². The minimum absolute atomic E-state index is 0.161. The number of fused-ring (bicyclic) bond motifs is 6. The molecule has 0 saturated heterocycles. The Labute approximate surface area is 496 Å². The van der Waals surface area contributed by atoms with E-state index in [9.17, 15) is 0 Å². The summed E-state index contributed by atoms with van der Waals surface area (Å²) in [5, 5.41) is 0. The molecule has 84 heavy (non-hydrogen) atoms. The van der Waals surface area contributed by atoms with Gasteiger partial charge in [-0.1, -0.05) is 246 Å². The van der Waals surface area contributed by atoms with Gasteiger partial charge in [0, 0.05) is 44.7 Å². The summed E-state index contributed by atoms with van der Waals surface area (Å²) >= 11 is 0. The quantitative estimate of drug-likeness (QED) is 0.127. The number of hydrogen-bond donors (Lipinski definition) is 0. The number of hydrogen-bond acceptors (Lipinski definition) is 2. The summed E-state index contributed by atoms with van der Waals surface area (Å²) in [5.41, 5.74) is 34.1. The van der Waals surface area contributed by atoms with Crippen LogP contribution in [0.1, 0.15) is 72.2 Å². The maximum Gasteiger partial charge on any atom is 0.0569 e. The van der Waals surface area contributed by atoms with Crippen LogP contribution in [0.2, 0.25) is 0 Å². The predicted molar refractivity (Wildman–Crippen MR) is 357 cm³/mol. The topological polar surface area (TPSA) is 6.48 Å². The summed E-state index contributed by atoms with van der Waals surface area (Å²) in [6, 6.07) is 99.4. The highest BCUT2D eigenvalue weighted by Crippen LogP contribution is 2.55. The minimum atomic E-state index is -0.161. The first-order valence-corrected chi connectivity index (χ1v) is 29.7. The van der Waals surface area contributed by atoms with Gasteiger partial charge in [0.05, 0.1) is 11.4 Å². The van der Waals surface area contributed by atoms with Crippen LogP contribution in [0.25, 0.3) is 77.9 Å². The normalized spacial score (nSPS) is 13.2. The van der Waals surface area contributed by atoms with Crippen LogP contribution in [-0.2, 0) is 10.8 Å². The van der Waals surface area contributed by atoms with Crippen LogP contribution in [0.5, 0.6) is 0 Å². The van der Waals surface area contributed by atoms with Gasteiger partial charge < -0.3 is 9.80 Å². The highest BCUT2D eigenvalue weighted by molar-refractivity contribution is 5.96. The molecule has 0 aliphatic heterocycles. The van der Waals surface area contributed by atoms with Gasteiger partial charge in [-0.15, -0.1) is 0 Å². The average molecular weight is 1080 g/mol. The molecule has 0 atom stereocenters. The summed E-state index contributed by atoms with van der Waals surface area (Å²) in [6.07, 6.45) is 0. The molecule has 0 aromatic heterocycles. The summed E-state index contributed by atoms with van der Waals surface area (Å²) in [6.45, 7) is 18.6. The van der Waals surface area contributed by atoms with Gasteiger partial charge in [0.1, 0.15) is 0 Å². The third-order valence-corrected chi connectivity index (χ3v) is 18.4. The molecule has 0 saturated carbocycles. The fourth-order valence-corrected chi connectivity index (χ4v) is 13.9. The lowest BCUT2D eigenvalue weighted by Crippen LogP contribution is -2.18. The van der Waals surface area contributed by atoms with Crippen LogP contribution < -0.4 is 9.80 Å². The Kier molecular flexibility index (Phi) is 12.8. The lowest BCUT2D eigenvalue weighted by atomic mass is 9.82. The fraction of sp³-hybridized carbons (Fsp3) is 0.122. The number of para-hydroxylation sites is 2. The lowest BCUT2D eigenvalue weighted by Gasteiger charge is -2.32. The fourth-order valence-electron chi connectivity index (χ4n) is 13.9. The van der Waals surface area contributed by atoms with Gasteiger partial charge in [-0.05, 0) is 187 Å². The van der Waals surface area contributed by atoms with E-state index in [1.165, 1.54) is 134 Å². The zero-order valence-corrected chi connectivity index (χ0v) is 49.3. The Balaban J connectivity index is 0.888. The molecular weight excluding hydrogens is 1010 g/mol. The van der Waals surface area contributed by atoms with Crippen LogP contribution in [-0.4, -0.2) is 0 Å². The van der Waals surface area contributed by atoms with E-state index in [0.29, 0.717) is 0 Å². The molecule has 2 aliphatic rings. The van der Waals surface area contributed by atoms with Crippen molar-refractivity contribution in [2.45, 2.75) is 66.2 Å². The number of anilines is 6. The first-order valence-electron chi connectivity index (χ1n) is 29.7. The Morgan fingerprint density at radius 1 is 0.226 bits per heavy atom. The third kappa shape index (κ3) is 8.79. The Morgan fingerprint density at radius 3 is 0.940 bits per heavy atom. The molecule has 14 rings (SSSR count). The van der Waals surface area contributed by atoms with E-state index in [1.807, 2.05) is 0 Å². The van der Waals surface area contributed by atoms with E-state index in [0.717, 1.165) is 22.7 Å². The minimum Gasteiger partial charge on any atom is -0.309 e. The molecule has 0 spiro atoms. The van der Waals surface area contributed by atoms with Crippen molar-refractivity contribution in [2.75, 3.05) is 9.80 Å². The highest BCUT2D eigenvalue weighted by atomic mass is 15.2. The predicted octanol–water partition coefficient (Wildman–Crippen LogP) is 22.8. The number of nitrogens with zero attached hydrogens (tertiary/aromatic N) is 2. The zero-order chi connectivity index (χ0) is 57.4. The molecule has 0 bridgehead atoms. The van der Waals surface area contributed by atoms with Crippen LogP contribution in [0.3, 0.4) is 0 Å². The van der Waals surface area contributed by atoms with Crippen molar-refractivity contribution in [3.63, 3.8) is 0 Å². The molecule has 0 radical (unpaired) electrons. The second kappa shape index (κ2) is 20.6.